The van der Waals surface area contributed by atoms with Crippen molar-refractivity contribution in [2.75, 3.05) is 17.3 Å². The normalized spacial score (nSPS) is 21.3. The van der Waals surface area contributed by atoms with Gasteiger partial charge in [0.25, 0.3) is 0 Å². The minimum Gasteiger partial charge on any atom is -0.293 e. The molecule has 1 unspecified atom stereocenters. The predicted octanol–water partition coefficient (Wildman–Crippen LogP) is 2.86. The first-order valence-corrected chi connectivity index (χ1v) is 6.97. The Hall–Kier alpha value is -0.480. The van der Waals surface area contributed by atoms with Gasteiger partial charge >= 0.3 is 0 Å². The summed E-state index contributed by atoms with van der Waals surface area (Å²) < 4.78 is 12.9. The fourth-order valence-electron chi connectivity index (χ4n) is 1.47. The number of halogens is 1. The Balaban J connectivity index is 2.12. The maximum Gasteiger partial charge on any atom is 0.176 e. The number of hydrogen-bond acceptors (Lipinski definition) is 3. The lowest BCUT2D eigenvalue weighted by Crippen LogP contribution is -2.24. The van der Waals surface area contributed by atoms with Crippen molar-refractivity contribution in [3.63, 3.8) is 0 Å². The summed E-state index contributed by atoms with van der Waals surface area (Å²) in [6, 6.07) is 5.95. The van der Waals surface area contributed by atoms with E-state index in [1.165, 1.54) is 12.1 Å². The molecule has 4 heteroatoms. The van der Waals surface area contributed by atoms with Crippen molar-refractivity contribution in [3.05, 3.63) is 35.6 Å². The number of carbonyl (C=O) groups excluding carboxylic acids is 1. The lowest BCUT2D eigenvalue weighted by atomic mass is 10.1. The van der Waals surface area contributed by atoms with Gasteiger partial charge in [0, 0.05) is 22.8 Å². The quantitative estimate of drug-likeness (QED) is 0.742. The highest BCUT2D eigenvalue weighted by Gasteiger charge is 2.23. The molecule has 1 nitrogen and oxygen atoms in total. The molecular weight excluding hydrogens is 231 g/mol. The first kappa shape index (κ1) is 11.0. The summed E-state index contributed by atoms with van der Waals surface area (Å²) >= 11 is 3.47. The monoisotopic (exact) mass is 242 g/mol. The van der Waals surface area contributed by atoms with Gasteiger partial charge in [-0.3, -0.25) is 4.79 Å². The van der Waals surface area contributed by atoms with Gasteiger partial charge in [0.1, 0.15) is 5.82 Å². The second-order valence-corrected chi connectivity index (χ2v) is 5.77. The third-order valence-electron chi connectivity index (χ3n) is 2.22. The average Bonchev–Trinajstić information content (AvgIpc) is 2.29. The second-order valence-electron chi connectivity index (χ2n) is 3.31. The minimum absolute atomic E-state index is 0.00514. The lowest BCUT2D eigenvalue weighted by Gasteiger charge is -2.19. The van der Waals surface area contributed by atoms with Crippen molar-refractivity contribution in [1.29, 1.82) is 0 Å². The molecule has 0 N–H and O–H groups in total. The van der Waals surface area contributed by atoms with E-state index in [0.717, 1.165) is 17.3 Å². The van der Waals surface area contributed by atoms with Crippen LogP contribution in [0, 0.1) is 5.82 Å². The number of hydrogen-bond donors (Lipinski definition) is 0. The number of carbonyl (C=O) groups is 1. The highest BCUT2D eigenvalue weighted by atomic mass is 32.2. The fraction of sp³-hybridized carbons (Fsp3) is 0.364. The van der Waals surface area contributed by atoms with Crippen molar-refractivity contribution >= 4 is 29.3 Å². The van der Waals surface area contributed by atoms with Gasteiger partial charge in [0.2, 0.25) is 0 Å². The highest BCUT2D eigenvalue weighted by molar-refractivity contribution is 8.07. The molecule has 80 valence electrons. The van der Waals surface area contributed by atoms with E-state index < -0.39 is 0 Å². The lowest BCUT2D eigenvalue weighted by molar-refractivity contribution is 0.0994. The summed E-state index contributed by atoms with van der Waals surface area (Å²) in [6.45, 7) is 0. The number of Topliss-reactive ketones (excluding diaryl/α,β-unsaturated/α-hetero) is 1. The molecule has 2 rings (SSSR count). The highest BCUT2D eigenvalue weighted by Crippen LogP contribution is 2.26. The number of benzene rings is 1. The van der Waals surface area contributed by atoms with Gasteiger partial charge in [-0.15, -0.1) is 11.8 Å². The number of thioether (sulfide) groups is 2. The number of ketones is 1. The summed E-state index contributed by atoms with van der Waals surface area (Å²) in [5, 5.41) is 0.00514. The van der Waals surface area contributed by atoms with Gasteiger partial charge < -0.3 is 0 Å². The molecule has 1 aliphatic heterocycles. The zero-order chi connectivity index (χ0) is 10.7. The van der Waals surface area contributed by atoms with E-state index >= 15 is 0 Å². The van der Waals surface area contributed by atoms with Crippen molar-refractivity contribution in [2.45, 2.75) is 5.25 Å². The Morgan fingerprint density at radius 3 is 2.93 bits per heavy atom. The van der Waals surface area contributed by atoms with Crippen LogP contribution in [0.15, 0.2) is 24.3 Å². The molecule has 0 amide bonds. The Kier molecular flexibility index (Phi) is 3.70. The predicted molar refractivity (Wildman–Crippen MR) is 64.3 cm³/mol. The third kappa shape index (κ3) is 2.75. The SMILES string of the molecule is O=C(c1cccc(F)c1)C1CSCCS1. The zero-order valence-electron chi connectivity index (χ0n) is 8.11. The van der Waals surface area contributed by atoms with Crippen molar-refractivity contribution in [1.82, 2.24) is 0 Å². The standard InChI is InChI=1S/C11H11FOS2/c12-9-3-1-2-8(6-9)11(13)10-7-14-4-5-15-10/h1-3,6,10H,4-5,7H2. The molecule has 0 aromatic heterocycles. The van der Waals surface area contributed by atoms with Crippen LogP contribution in [-0.4, -0.2) is 28.3 Å². The summed E-state index contributed by atoms with van der Waals surface area (Å²) in [7, 11) is 0. The molecule has 0 radical (unpaired) electrons. The van der Waals surface area contributed by atoms with Crippen LogP contribution in [0.4, 0.5) is 4.39 Å². The average molecular weight is 242 g/mol. The molecule has 0 saturated carbocycles. The van der Waals surface area contributed by atoms with E-state index in [9.17, 15) is 9.18 Å². The fourth-order valence-corrected chi connectivity index (χ4v) is 4.10. The van der Waals surface area contributed by atoms with Crippen LogP contribution in [0.1, 0.15) is 10.4 Å². The summed E-state index contributed by atoms with van der Waals surface area (Å²) in [5.74, 6) is 2.69. The van der Waals surface area contributed by atoms with Crippen LogP contribution >= 0.6 is 23.5 Å². The molecule has 0 bridgehead atoms. The van der Waals surface area contributed by atoms with Crippen molar-refractivity contribution in [3.8, 4) is 0 Å². The molecule has 1 saturated heterocycles. The van der Waals surface area contributed by atoms with Crippen LogP contribution in [0.25, 0.3) is 0 Å². The third-order valence-corrected chi connectivity index (χ3v) is 4.97. The zero-order valence-corrected chi connectivity index (χ0v) is 9.74. The van der Waals surface area contributed by atoms with Crippen molar-refractivity contribution in [2.24, 2.45) is 0 Å². The van der Waals surface area contributed by atoms with E-state index in [1.54, 1.807) is 35.7 Å². The smallest absolute Gasteiger partial charge is 0.176 e. The molecule has 0 spiro atoms. The van der Waals surface area contributed by atoms with Gasteiger partial charge in [0.05, 0.1) is 5.25 Å². The first-order chi connectivity index (χ1) is 7.27. The first-order valence-electron chi connectivity index (χ1n) is 4.76. The van der Waals surface area contributed by atoms with E-state index in [-0.39, 0.29) is 16.9 Å². The van der Waals surface area contributed by atoms with Gasteiger partial charge in [0.15, 0.2) is 5.78 Å². The van der Waals surface area contributed by atoms with Crippen LogP contribution in [0.5, 0.6) is 0 Å². The Labute approximate surface area is 96.8 Å². The molecule has 1 atom stereocenters. The molecule has 0 aliphatic carbocycles. The van der Waals surface area contributed by atoms with Crippen LogP contribution in [-0.2, 0) is 0 Å². The Morgan fingerprint density at radius 1 is 1.40 bits per heavy atom. The molecule has 1 aromatic rings. The van der Waals surface area contributed by atoms with E-state index in [4.69, 9.17) is 0 Å². The summed E-state index contributed by atoms with van der Waals surface area (Å²) in [5.41, 5.74) is 0.495. The molecular formula is C11H11FOS2. The Morgan fingerprint density at radius 2 is 2.27 bits per heavy atom. The van der Waals surface area contributed by atoms with Crippen LogP contribution in [0.2, 0.25) is 0 Å². The Bertz CT molecular complexity index is 361. The maximum atomic E-state index is 12.9. The molecule has 1 heterocycles. The second kappa shape index (κ2) is 5.03. The maximum absolute atomic E-state index is 12.9. The topological polar surface area (TPSA) is 17.1 Å². The molecule has 1 fully saturated rings. The number of rotatable bonds is 2. The molecule has 1 aromatic carbocycles. The van der Waals surface area contributed by atoms with Gasteiger partial charge in [-0.25, -0.2) is 4.39 Å². The van der Waals surface area contributed by atoms with Gasteiger partial charge in [-0.2, -0.15) is 11.8 Å². The van der Waals surface area contributed by atoms with E-state index in [1.807, 2.05) is 0 Å². The van der Waals surface area contributed by atoms with Gasteiger partial charge in [-0.05, 0) is 12.1 Å². The van der Waals surface area contributed by atoms with Gasteiger partial charge in [-0.1, -0.05) is 12.1 Å². The largest absolute Gasteiger partial charge is 0.293 e. The summed E-state index contributed by atoms with van der Waals surface area (Å²) in [4.78, 5) is 12.0. The van der Waals surface area contributed by atoms with E-state index in [2.05, 4.69) is 0 Å². The molecule has 1 aliphatic rings. The van der Waals surface area contributed by atoms with Crippen molar-refractivity contribution < 1.29 is 9.18 Å². The minimum atomic E-state index is -0.339. The van der Waals surface area contributed by atoms with E-state index in [0.29, 0.717) is 5.56 Å². The summed E-state index contributed by atoms with van der Waals surface area (Å²) in [6.07, 6.45) is 0. The van der Waals surface area contributed by atoms with Crippen LogP contribution in [0.3, 0.4) is 0 Å². The molecule has 15 heavy (non-hydrogen) atoms. The van der Waals surface area contributed by atoms with Crippen LogP contribution < -0.4 is 0 Å².